The Morgan fingerprint density at radius 3 is 2.60 bits per heavy atom. The zero-order chi connectivity index (χ0) is 14.5. The van der Waals surface area contributed by atoms with Crippen LogP contribution in [-0.4, -0.2) is 32.9 Å². The van der Waals surface area contributed by atoms with E-state index in [2.05, 4.69) is 17.9 Å². The fourth-order valence-corrected chi connectivity index (χ4v) is 2.94. The molecule has 112 valence electrons. The van der Waals surface area contributed by atoms with Crippen LogP contribution in [0.5, 0.6) is 5.75 Å². The second kappa shape index (κ2) is 6.95. The van der Waals surface area contributed by atoms with Crippen molar-refractivity contribution in [3.05, 3.63) is 23.8 Å². The molecule has 2 N–H and O–H groups in total. The minimum atomic E-state index is -0.0363. The first-order chi connectivity index (χ1) is 9.67. The summed E-state index contributed by atoms with van der Waals surface area (Å²) in [5, 5.41) is 0. The predicted octanol–water partition coefficient (Wildman–Crippen LogP) is 2.72. The SMILES string of the molecule is CCOC1CCN(c2cccc(OC)c2C(C)N)CC1. The van der Waals surface area contributed by atoms with Gasteiger partial charge in [-0.2, -0.15) is 0 Å². The van der Waals surface area contributed by atoms with E-state index in [1.807, 2.05) is 19.1 Å². The summed E-state index contributed by atoms with van der Waals surface area (Å²) < 4.78 is 11.2. The zero-order valence-corrected chi connectivity index (χ0v) is 12.8. The molecule has 0 spiro atoms. The Balaban J connectivity index is 2.17. The smallest absolute Gasteiger partial charge is 0.125 e. The Bertz CT molecular complexity index is 426. The highest BCUT2D eigenvalue weighted by atomic mass is 16.5. The molecule has 1 saturated heterocycles. The molecule has 0 bridgehead atoms. The molecule has 4 nitrogen and oxygen atoms in total. The molecule has 1 aromatic rings. The molecule has 1 atom stereocenters. The van der Waals surface area contributed by atoms with Crippen molar-refractivity contribution in [3.63, 3.8) is 0 Å². The highest BCUT2D eigenvalue weighted by Crippen LogP contribution is 2.35. The normalized spacial score (nSPS) is 18.1. The molecule has 20 heavy (non-hydrogen) atoms. The molecule has 1 aliphatic rings. The molecule has 1 fully saturated rings. The summed E-state index contributed by atoms with van der Waals surface area (Å²) in [4.78, 5) is 2.40. The lowest BCUT2D eigenvalue weighted by Gasteiger charge is -2.35. The number of hydrogen-bond donors (Lipinski definition) is 1. The fourth-order valence-electron chi connectivity index (χ4n) is 2.94. The van der Waals surface area contributed by atoms with Crippen LogP contribution >= 0.6 is 0 Å². The molecule has 1 unspecified atom stereocenters. The molecule has 0 radical (unpaired) electrons. The first kappa shape index (κ1) is 15.1. The third-order valence-electron chi connectivity index (χ3n) is 3.90. The lowest BCUT2D eigenvalue weighted by Crippen LogP contribution is -2.37. The predicted molar refractivity (Wildman–Crippen MR) is 82.5 cm³/mol. The van der Waals surface area contributed by atoms with E-state index in [1.165, 1.54) is 5.69 Å². The van der Waals surface area contributed by atoms with Gasteiger partial charge in [0.25, 0.3) is 0 Å². The van der Waals surface area contributed by atoms with Gasteiger partial charge >= 0.3 is 0 Å². The summed E-state index contributed by atoms with van der Waals surface area (Å²) in [7, 11) is 1.70. The molecule has 0 aromatic heterocycles. The van der Waals surface area contributed by atoms with E-state index in [-0.39, 0.29) is 6.04 Å². The van der Waals surface area contributed by atoms with Crippen LogP contribution in [0.15, 0.2) is 18.2 Å². The fraction of sp³-hybridized carbons (Fsp3) is 0.625. The van der Waals surface area contributed by atoms with Crippen molar-refractivity contribution >= 4 is 5.69 Å². The van der Waals surface area contributed by atoms with Crippen molar-refractivity contribution in [2.75, 3.05) is 31.7 Å². The van der Waals surface area contributed by atoms with Gasteiger partial charge in [-0.15, -0.1) is 0 Å². The highest BCUT2D eigenvalue weighted by Gasteiger charge is 2.23. The quantitative estimate of drug-likeness (QED) is 0.899. The molecule has 2 rings (SSSR count). The van der Waals surface area contributed by atoms with Gasteiger partial charge in [0, 0.05) is 37.0 Å². The van der Waals surface area contributed by atoms with E-state index in [0.717, 1.165) is 43.9 Å². The monoisotopic (exact) mass is 278 g/mol. The number of hydrogen-bond acceptors (Lipinski definition) is 4. The molecule has 1 aliphatic heterocycles. The molecular weight excluding hydrogens is 252 g/mol. The number of piperidine rings is 1. The minimum Gasteiger partial charge on any atom is -0.496 e. The van der Waals surface area contributed by atoms with Crippen LogP contribution in [0.25, 0.3) is 0 Å². The topological polar surface area (TPSA) is 47.7 Å². The first-order valence-electron chi connectivity index (χ1n) is 7.46. The van der Waals surface area contributed by atoms with Gasteiger partial charge in [-0.3, -0.25) is 0 Å². The van der Waals surface area contributed by atoms with Crippen molar-refractivity contribution in [2.24, 2.45) is 5.73 Å². The average molecular weight is 278 g/mol. The van der Waals surface area contributed by atoms with Crippen LogP contribution in [0.3, 0.4) is 0 Å². The summed E-state index contributed by atoms with van der Waals surface area (Å²) in [6.07, 6.45) is 2.55. The van der Waals surface area contributed by atoms with Gasteiger partial charge in [-0.1, -0.05) is 6.07 Å². The summed E-state index contributed by atoms with van der Waals surface area (Å²) in [6.45, 7) is 6.89. The summed E-state index contributed by atoms with van der Waals surface area (Å²) in [5.41, 5.74) is 8.45. The number of nitrogens with zero attached hydrogens (tertiary/aromatic N) is 1. The third-order valence-corrected chi connectivity index (χ3v) is 3.90. The lowest BCUT2D eigenvalue weighted by molar-refractivity contribution is 0.0459. The van der Waals surface area contributed by atoms with E-state index >= 15 is 0 Å². The Kier molecular flexibility index (Phi) is 5.26. The molecule has 0 aliphatic carbocycles. The van der Waals surface area contributed by atoms with E-state index in [4.69, 9.17) is 15.2 Å². The van der Waals surface area contributed by atoms with Gasteiger partial charge in [0.15, 0.2) is 0 Å². The molecule has 4 heteroatoms. The van der Waals surface area contributed by atoms with Crippen molar-refractivity contribution in [1.82, 2.24) is 0 Å². The highest BCUT2D eigenvalue weighted by molar-refractivity contribution is 5.61. The van der Waals surface area contributed by atoms with Gasteiger partial charge in [-0.25, -0.2) is 0 Å². The summed E-state index contributed by atoms with van der Waals surface area (Å²) >= 11 is 0. The maximum atomic E-state index is 6.14. The molecule has 0 amide bonds. The number of anilines is 1. The van der Waals surface area contributed by atoms with Crippen molar-refractivity contribution < 1.29 is 9.47 Å². The van der Waals surface area contributed by atoms with Gasteiger partial charge in [0.2, 0.25) is 0 Å². The number of benzene rings is 1. The van der Waals surface area contributed by atoms with Crippen LogP contribution in [0, 0.1) is 0 Å². The van der Waals surface area contributed by atoms with Crippen LogP contribution < -0.4 is 15.4 Å². The maximum absolute atomic E-state index is 6.14. The standard InChI is InChI=1S/C16H26N2O2/c1-4-20-13-8-10-18(11-9-13)14-6-5-7-15(19-3)16(14)12(2)17/h5-7,12-13H,4,8-11,17H2,1-3H3. The minimum absolute atomic E-state index is 0.0363. The zero-order valence-electron chi connectivity index (χ0n) is 12.8. The third kappa shape index (κ3) is 3.25. The second-order valence-corrected chi connectivity index (χ2v) is 5.32. The molecular formula is C16H26N2O2. The van der Waals surface area contributed by atoms with Crippen LogP contribution in [0.1, 0.15) is 38.3 Å². The number of methoxy groups -OCH3 is 1. The average Bonchev–Trinajstić information content (AvgIpc) is 2.47. The van der Waals surface area contributed by atoms with E-state index in [9.17, 15) is 0 Å². The van der Waals surface area contributed by atoms with Gasteiger partial charge in [0.1, 0.15) is 5.75 Å². The van der Waals surface area contributed by atoms with Gasteiger partial charge in [0.05, 0.1) is 13.2 Å². The molecule has 0 saturated carbocycles. The van der Waals surface area contributed by atoms with Crippen LogP contribution in [0.4, 0.5) is 5.69 Å². The van der Waals surface area contributed by atoms with Crippen LogP contribution in [-0.2, 0) is 4.74 Å². The molecule has 1 heterocycles. The van der Waals surface area contributed by atoms with Crippen molar-refractivity contribution in [1.29, 1.82) is 0 Å². The van der Waals surface area contributed by atoms with Crippen LogP contribution in [0.2, 0.25) is 0 Å². The van der Waals surface area contributed by atoms with E-state index in [0.29, 0.717) is 6.10 Å². The Labute approximate surface area is 121 Å². The Morgan fingerprint density at radius 2 is 2.05 bits per heavy atom. The van der Waals surface area contributed by atoms with E-state index < -0.39 is 0 Å². The van der Waals surface area contributed by atoms with E-state index in [1.54, 1.807) is 7.11 Å². The number of rotatable bonds is 5. The Hall–Kier alpha value is -1.26. The summed E-state index contributed by atoms with van der Waals surface area (Å²) in [6, 6.07) is 6.12. The van der Waals surface area contributed by atoms with Crippen molar-refractivity contribution in [3.8, 4) is 5.75 Å². The van der Waals surface area contributed by atoms with Gasteiger partial charge in [-0.05, 0) is 38.8 Å². The van der Waals surface area contributed by atoms with Gasteiger partial charge < -0.3 is 20.1 Å². The Morgan fingerprint density at radius 1 is 1.35 bits per heavy atom. The molecule has 1 aromatic carbocycles. The maximum Gasteiger partial charge on any atom is 0.125 e. The number of ether oxygens (including phenoxy) is 2. The largest absolute Gasteiger partial charge is 0.496 e. The lowest BCUT2D eigenvalue weighted by atomic mass is 10.0. The summed E-state index contributed by atoms with van der Waals surface area (Å²) in [5.74, 6) is 0.879. The van der Waals surface area contributed by atoms with Crippen molar-refractivity contribution in [2.45, 2.75) is 38.8 Å². The second-order valence-electron chi connectivity index (χ2n) is 5.32. The number of nitrogens with two attached hydrogens (primary N) is 1. The first-order valence-corrected chi connectivity index (χ1v) is 7.46.